The second kappa shape index (κ2) is 17.7. The highest BCUT2D eigenvalue weighted by atomic mass is 35.5. The van der Waals surface area contributed by atoms with E-state index in [0.717, 1.165) is 38.4 Å². The van der Waals surface area contributed by atoms with Crippen LogP contribution in [0.2, 0.25) is 5.02 Å². The molecule has 1 unspecified atom stereocenters. The topological polar surface area (TPSA) is 189 Å². The number of aromatic nitrogens is 2. The Labute approximate surface area is 365 Å². The number of primary amides is 1. The predicted octanol–water partition coefficient (Wildman–Crippen LogP) is 7.38. The van der Waals surface area contributed by atoms with Crippen LogP contribution in [-0.2, 0) is 14.6 Å². The molecule has 3 aromatic carbocycles. The first-order chi connectivity index (χ1) is 29.6. The van der Waals surface area contributed by atoms with Crippen molar-refractivity contribution < 1.29 is 27.6 Å². The van der Waals surface area contributed by atoms with Gasteiger partial charge >= 0.3 is 0 Å². The summed E-state index contributed by atoms with van der Waals surface area (Å²) in [6, 6.07) is 18.3. The average Bonchev–Trinajstić information content (AvgIpc) is 3.72. The Balaban J connectivity index is 1.15. The summed E-state index contributed by atoms with van der Waals surface area (Å²) in [6.45, 7) is 9.74. The Morgan fingerprint density at radius 2 is 1.85 bits per heavy atom. The van der Waals surface area contributed by atoms with E-state index in [1.807, 2.05) is 24.1 Å². The lowest BCUT2D eigenvalue weighted by atomic mass is 9.72. The maximum atomic E-state index is 15.2. The maximum absolute atomic E-state index is 15.2. The Morgan fingerprint density at radius 1 is 1.08 bits per heavy atom. The number of anilines is 2. The molecule has 8 rings (SSSR count). The summed E-state index contributed by atoms with van der Waals surface area (Å²) >= 11 is 6.26. The van der Waals surface area contributed by atoms with Crippen LogP contribution in [0.5, 0.6) is 11.5 Å². The fraction of sp³-hybridized carbons (Fsp3) is 0.378. The summed E-state index contributed by atoms with van der Waals surface area (Å²) in [4.78, 5) is 38.2. The van der Waals surface area contributed by atoms with Crippen LogP contribution >= 0.6 is 11.6 Å². The molecular formula is C45H51ClN8O7S. The third-order valence-electron chi connectivity index (χ3n) is 12.1. The van der Waals surface area contributed by atoms with Gasteiger partial charge in [-0.05, 0) is 91.4 Å². The largest absolute Gasteiger partial charge is 0.453 e. The number of pyridine rings is 1. The molecule has 62 heavy (non-hydrogen) atoms. The van der Waals surface area contributed by atoms with Crippen molar-refractivity contribution in [3.63, 3.8) is 0 Å². The first-order valence-corrected chi connectivity index (χ1v) is 22.6. The highest BCUT2D eigenvalue weighted by Crippen LogP contribution is 2.45. The Morgan fingerprint density at radius 3 is 2.58 bits per heavy atom. The van der Waals surface area contributed by atoms with Crippen LogP contribution < -0.4 is 20.7 Å². The molecule has 2 fully saturated rings. The van der Waals surface area contributed by atoms with Gasteiger partial charge in [-0.2, -0.15) is 0 Å². The third kappa shape index (κ3) is 9.29. The van der Waals surface area contributed by atoms with Crippen LogP contribution in [-0.4, -0.2) is 111 Å². The van der Waals surface area contributed by atoms with Crippen molar-refractivity contribution >= 4 is 61.0 Å². The quantitative estimate of drug-likeness (QED) is 0.0788. The molecule has 0 spiro atoms. The molecule has 2 saturated heterocycles. The number of nitrogens with two attached hydrogens (primary N) is 1. The van der Waals surface area contributed by atoms with Gasteiger partial charge in [0, 0.05) is 75.0 Å². The number of rotatable bonds is 13. The Hall–Kier alpha value is -5.52. The highest BCUT2D eigenvalue weighted by molar-refractivity contribution is 7.91. The number of ether oxygens (including phenoxy) is 2. The number of fused-ring (bicyclic) bond motifs is 1. The lowest BCUT2D eigenvalue weighted by Crippen LogP contribution is -2.47. The number of hydrogen-bond donors (Lipinski definition) is 3. The van der Waals surface area contributed by atoms with Gasteiger partial charge in [-0.15, -0.1) is 0 Å². The second-order valence-corrected chi connectivity index (χ2v) is 19.4. The van der Waals surface area contributed by atoms with Crippen molar-refractivity contribution in [1.29, 1.82) is 0 Å². The number of halogens is 1. The number of sulfone groups is 1. The first kappa shape index (κ1) is 43.1. The number of H-pyrrole nitrogens is 1. The van der Waals surface area contributed by atoms with Crippen molar-refractivity contribution in [1.82, 2.24) is 19.8 Å². The average molecular weight is 883 g/mol. The summed E-state index contributed by atoms with van der Waals surface area (Å²) in [6.07, 6.45) is 5.91. The van der Waals surface area contributed by atoms with Crippen LogP contribution in [0.4, 0.5) is 17.1 Å². The van der Waals surface area contributed by atoms with Gasteiger partial charge in [0.1, 0.15) is 22.0 Å². The monoisotopic (exact) mass is 882 g/mol. The van der Waals surface area contributed by atoms with Crippen LogP contribution in [0, 0.1) is 15.5 Å². The number of nitrogens with one attached hydrogen (secondary N) is 2. The minimum atomic E-state index is -4.66. The molecule has 17 heteroatoms. The van der Waals surface area contributed by atoms with E-state index in [1.54, 1.807) is 24.4 Å². The number of benzene rings is 3. The van der Waals surface area contributed by atoms with Crippen molar-refractivity contribution in [3.8, 4) is 11.5 Å². The van der Waals surface area contributed by atoms with E-state index in [9.17, 15) is 14.9 Å². The molecule has 0 bridgehead atoms. The van der Waals surface area contributed by atoms with Gasteiger partial charge in [-0.25, -0.2) is 13.4 Å². The summed E-state index contributed by atoms with van der Waals surface area (Å²) in [7, 11) is -2.68. The molecule has 326 valence electrons. The molecule has 4 N–H and O–H groups in total. The molecule has 1 atom stereocenters. The molecule has 2 aromatic heterocycles. The molecule has 2 aliphatic heterocycles. The van der Waals surface area contributed by atoms with E-state index in [2.05, 4.69) is 51.1 Å². The number of nitrogens with zero attached hydrogens (tertiary/aromatic N) is 5. The lowest BCUT2D eigenvalue weighted by Gasteiger charge is -2.40. The minimum absolute atomic E-state index is 0.145. The number of nitro benzene ring substituents is 1. The molecule has 1 aliphatic carbocycles. The van der Waals surface area contributed by atoms with E-state index >= 15 is 8.42 Å². The fourth-order valence-corrected chi connectivity index (χ4v) is 10.4. The van der Waals surface area contributed by atoms with Gasteiger partial charge in [0.15, 0.2) is 5.75 Å². The maximum Gasteiger partial charge on any atom is 0.293 e. The number of carbonyl (C=O) groups is 1. The van der Waals surface area contributed by atoms with Crippen LogP contribution in [0.1, 0.15) is 49.0 Å². The lowest BCUT2D eigenvalue weighted by molar-refractivity contribution is -0.384. The molecule has 0 saturated carbocycles. The molecule has 15 nitrogen and oxygen atoms in total. The van der Waals surface area contributed by atoms with E-state index in [-0.39, 0.29) is 56.3 Å². The minimum Gasteiger partial charge on any atom is -0.453 e. The van der Waals surface area contributed by atoms with E-state index in [1.165, 1.54) is 41.1 Å². The Bertz CT molecular complexity index is 2640. The van der Waals surface area contributed by atoms with E-state index in [4.69, 9.17) is 26.8 Å². The summed E-state index contributed by atoms with van der Waals surface area (Å²) in [5, 5.41) is 17.0. The van der Waals surface area contributed by atoms with E-state index < -0.39 is 26.4 Å². The Kier molecular flexibility index (Phi) is 12.3. The summed E-state index contributed by atoms with van der Waals surface area (Å²) < 4.78 is 42.5. The van der Waals surface area contributed by atoms with Crippen molar-refractivity contribution in [2.45, 2.75) is 49.0 Å². The predicted molar refractivity (Wildman–Crippen MR) is 240 cm³/mol. The molecule has 1 amide bonds. The zero-order valence-electron chi connectivity index (χ0n) is 35.0. The molecule has 0 radical (unpaired) electrons. The number of carbonyl (C=O) groups excluding carboxylic acids is 1. The fourth-order valence-electron chi connectivity index (χ4n) is 8.64. The van der Waals surface area contributed by atoms with Crippen molar-refractivity contribution in [2.75, 3.05) is 76.2 Å². The number of aromatic amines is 1. The SMILES string of the molecule is CN1CCOC(CNc2ccc(S(=O)(=O)c3c(N4CCN(CC5=C(c6ccc(Cl)cc6)CC(C)(C)CC5)CC4)ccc(C(N)=O)c3Oc3cnc4[nH]ccc4c3)cc2[N+](=O)[O-])C1. The van der Waals surface area contributed by atoms with Crippen LogP contribution in [0.3, 0.4) is 0 Å². The number of allylic oxidation sites excluding steroid dienone is 1. The highest BCUT2D eigenvalue weighted by Gasteiger charge is 2.36. The van der Waals surface area contributed by atoms with Gasteiger partial charge in [0.2, 0.25) is 9.84 Å². The number of amides is 1. The molecule has 3 aliphatic rings. The number of likely N-dealkylation sites (N-methyl/N-ethyl adjacent to an activating group) is 1. The summed E-state index contributed by atoms with van der Waals surface area (Å²) in [5.74, 6) is -1.04. The number of morpholine rings is 1. The van der Waals surface area contributed by atoms with Crippen LogP contribution in [0.25, 0.3) is 16.6 Å². The zero-order chi connectivity index (χ0) is 43.8. The van der Waals surface area contributed by atoms with Crippen molar-refractivity contribution in [3.05, 3.63) is 111 Å². The second-order valence-electron chi connectivity index (χ2n) is 17.1. The standard InChI is InChI=1S/C45H51ClN8O7S/c1-45(2)14-12-31(37(24-45)29-4-6-32(46)7-5-29)27-52-16-18-53(19-17-52)39-11-9-36(43(47)55)41(61-33-22-30-13-15-48-44(30)50-25-33)42(39)62(58,59)35-8-10-38(40(23-35)54(56)57)49-26-34-28-51(3)20-21-60-34/h4-11,13,15,22-23,25,34,49H,12,14,16-21,24,26-28H2,1-3H3,(H2,47,55)(H,48,50). The van der Waals surface area contributed by atoms with Gasteiger partial charge in [-0.1, -0.05) is 43.2 Å². The zero-order valence-corrected chi connectivity index (χ0v) is 36.6. The van der Waals surface area contributed by atoms with Gasteiger partial charge in [-0.3, -0.25) is 19.8 Å². The van der Waals surface area contributed by atoms with Crippen LogP contribution in [0.15, 0.2) is 94.5 Å². The third-order valence-corrected chi connectivity index (χ3v) is 14.1. The van der Waals surface area contributed by atoms with Gasteiger partial charge in [0.25, 0.3) is 11.6 Å². The number of piperazine rings is 1. The molecule has 5 aromatic rings. The smallest absolute Gasteiger partial charge is 0.293 e. The number of nitro groups is 1. The molecular weight excluding hydrogens is 832 g/mol. The van der Waals surface area contributed by atoms with Gasteiger partial charge < -0.3 is 35.3 Å². The normalized spacial score (nSPS) is 18.8. The van der Waals surface area contributed by atoms with Crippen molar-refractivity contribution in [2.24, 2.45) is 11.1 Å². The first-order valence-electron chi connectivity index (χ1n) is 20.7. The number of hydrogen-bond acceptors (Lipinski definition) is 12. The molecule has 4 heterocycles. The summed E-state index contributed by atoms with van der Waals surface area (Å²) in [5.41, 5.74) is 10.4. The van der Waals surface area contributed by atoms with Gasteiger partial charge in [0.05, 0.1) is 40.0 Å². The van der Waals surface area contributed by atoms with E-state index in [0.29, 0.717) is 55.4 Å².